The Kier molecular flexibility index (Phi) is 9.68. The summed E-state index contributed by atoms with van der Waals surface area (Å²) in [6, 6.07) is 11.3. The number of hydrogen-bond donors (Lipinski definition) is 1. The Balaban J connectivity index is 1.30. The maximum absolute atomic E-state index is 13.1. The molecule has 0 saturated carbocycles. The highest BCUT2D eigenvalue weighted by atomic mass is 16.5. The molecule has 1 N–H and O–H groups in total. The summed E-state index contributed by atoms with van der Waals surface area (Å²) in [5.74, 6) is 2.94. The largest absolute Gasteiger partial charge is 0.493 e. The van der Waals surface area contributed by atoms with Crippen LogP contribution in [0.25, 0.3) is 11.0 Å². The van der Waals surface area contributed by atoms with Gasteiger partial charge in [-0.15, -0.1) is 0 Å². The Labute approximate surface area is 230 Å². The lowest BCUT2D eigenvalue weighted by Gasteiger charge is -2.30. The molecule has 1 aliphatic rings. The topological polar surface area (TPSA) is 94.9 Å². The van der Waals surface area contributed by atoms with Crippen molar-refractivity contribution < 1.29 is 23.8 Å². The van der Waals surface area contributed by atoms with Crippen molar-refractivity contribution in [2.45, 2.75) is 52.0 Å². The lowest BCUT2D eigenvalue weighted by atomic mass is 9.99. The van der Waals surface area contributed by atoms with E-state index in [0.29, 0.717) is 41.8 Å². The summed E-state index contributed by atoms with van der Waals surface area (Å²) in [7, 11) is 4.58. The summed E-state index contributed by atoms with van der Waals surface area (Å²) in [5, 5.41) is 2.97. The number of carbonyl (C=O) groups excluding carboxylic acids is 2. The highest BCUT2D eigenvalue weighted by Crippen LogP contribution is 2.38. The fourth-order valence-electron chi connectivity index (χ4n) is 5.09. The second-order valence-electron chi connectivity index (χ2n) is 10.1. The van der Waals surface area contributed by atoms with E-state index in [4.69, 9.17) is 19.2 Å². The first-order chi connectivity index (χ1) is 18.9. The molecule has 0 unspecified atom stereocenters. The number of likely N-dealkylation sites (tertiary alicyclic amines) is 1. The monoisotopic (exact) mass is 536 g/mol. The van der Waals surface area contributed by atoms with Crippen LogP contribution in [0.4, 0.5) is 0 Å². The molecule has 0 bridgehead atoms. The quantitative estimate of drug-likeness (QED) is 0.344. The predicted molar refractivity (Wildman–Crippen MR) is 151 cm³/mol. The first kappa shape index (κ1) is 28.3. The number of carbonyl (C=O) groups is 2. The molecule has 4 rings (SSSR count). The minimum Gasteiger partial charge on any atom is -0.493 e. The number of nitrogens with one attached hydrogen (secondary N) is 1. The average molecular weight is 537 g/mol. The van der Waals surface area contributed by atoms with Crippen LogP contribution in [-0.4, -0.2) is 67.2 Å². The summed E-state index contributed by atoms with van der Waals surface area (Å²) >= 11 is 0. The van der Waals surface area contributed by atoms with Gasteiger partial charge in [-0.05, 0) is 55.9 Å². The van der Waals surface area contributed by atoms with Crippen molar-refractivity contribution in [3.05, 3.63) is 47.8 Å². The number of fused-ring (bicyclic) bond motifs is 1. The van der Waals surface area contributed by atoms with Gasteiger partial charge in [-0.3, -0.25) is 9.59 Å². The Morgan fingerprint density at radius 2 is 1.67 bits per heavy atom. The highest BCUT2D eigenvalue weighted by Gasteiger charge is 2.22. The molecule has 39 heavy (non-hydrogen) atoms. The van der Waals surface area contributed by atoms with Crippen LogP contribution in [0.5, 0.6) is 17.2 Å². The van der Waals surface area contributed by atoms with E-state index in [0.717, 1.165) is 68.5 Å². The average Bonchev–Trinajstić information content (AvgIpc) is 3.30. The third kappa shape index (κ3) is 6.82. The van der Waals surface area contributed by atoms with Crippen LogP contribution in [0.1, 0.15) is 55.2 Å². The molecule has 0 atom stereocenters. The normalized spacial score (nSPS) is 13.9. The van der Waals surface area contributed by atoms with Gasteiger partial charge < -0.3 is 29.0 Å². The number of methoxy groups -OCH3 is 3. The van der Waals surface area contributed by atoms with Crippen LogP contribution in [0.3, 0.4) is 0 Å². The molecule has 1 aromatic heterocycles. The molecule has 1 fully saturated rings. The van der Waals surface area contributed by atoms with Gasteiger partial charge in [-0.2, -0.15) is 0 Å². The van der Waals surface area contributed by atoms with E-state index in [1.165, 1.54) is 21.3 Å². The Hall–Kier alpha value is -3.75. The van der Waals surface area contributed by atoms with Crippen LogP contribution < -0.4 is 19.5 Å². The van der Waals surface area contributed by atoms with Gasteiger partial charge >= 0.3 is 0 Å². The van der Waals surface area contributed by atoms with E-state index in [2.05, 4.69) is 16.8 Å². The Bertz CT molecular complexity index is 1250. The second kappa shape index (κ2) is 13.4. The summed E-state index contributed by atoms with van der Waals surface area (Å²) in [6.45, 7) is 4.81. The smallest absolute Gasteiger partial charge is 0.251 e. The molecule has 0 spiro atoms. The SMILES string of the molecule is COc1cc(C(=O)NCCCCCc2nc3ccccc3n2CC(=O)N2CCC(C)CC2)cc(OC)c1OC. The van der Waals surface area contributed by atoms with Crippen molar-refractivity contribution in [1.29, 1.82) is 0 Å². The molecule has 9 nitrogen and oxygen atoms in total. The van der Waals surface area contributed by atoms with E-state index in [1.54, 1.807) is 12.1 Å². The van der Waals surface area contributed by atoms with Gasteiger partial charge in [-0.25, -0.2) is 4.98 Å². The first-order valence-corrected chi connectivity index (χ1v) is 13.7. The standard InChI is InChI=1S/C30H40N4O5/c1-21-13-16-33(17-14-21)28(35)20-34-24-11-8-7-10-23(24)32-27(34)12-6-5-9-15-31-30(36)22-18-25(37-2)29(39-4)26(19-22)38-3/h7-8,10-11,18-19,21H,5-6,9,12-17,20H2,1-4H3,(H,31,36). The number of amides is 2. The van der Waals surface area contributed by atoms with E-state index in [1.807, 2.05) is 29.2 Å². The predicted octanol–water partition coefficient (Wildman–Crippen LogP) is 4.46. The van der Waals surface area contributed by atoms with Gasteiger partial charge in [0.2, 0.25) is 11.7 Å². The van der Waals surface area contributed by atoms with Gasteiger partial charge in [0.25, 0.3) is 5.91 Å². The van der Waals surface area contributed by atoms with Crippen LogP contribution in [0.2, 0.25) is 0 Å². The van der Waals surface area contributed by atoms with Crippen molar-refractivity contribution >= 4 is 22.8 Å². The van der Waals surface area contributed by atoms with Crippen LogP contribution >= 0.6 is 0 Å². The molecular formula is C30H40N4O5. The number of hydrogen-bond acceptors (Lipinski definition) is 6. The van der Waals surface area contributed by atoms with Crippen molar-refractivity contribution in [2.75, 3.05) is 41.0 Å². The third-order valence-electron chi connectivity index (χ3n) is 7.45. The molecule has 0 aliphatic carbocycles. The lowest BCUT2D eigenvalue weighted by Crippen LogP contribution is -2.39. The number of unbranched alkanes of at least 4 members (excludes halogenated alkanes) is 2. The number of aryl methyl sites for hydroxylation is 1. The second-order valence-corrected chi connectivity index (χ2v) is 10.1. The number of piperidine rings is 1. The fraction of sp³-hybridized carbons (Fsp3) is 0.500. The summed E-state index contributed by atoms with van der Waals surface area (Å²) in [6.07, 6.45) is 5.59. The van der Waals surface area contributed by atoms with Gasteiger partial charge in [0.05, 0.1) is 32.4 Å². The molecule has 3 aromatic rings. The van der Waals surface area contributed by atoms with Crippen LogP contribution in [0, 0.1) is 5.92 Å². The van der Waals surface area contributed by atoms with E-state index in [-0.39, 0.29) is 11.8 Å². The van der Waals surface area contributed by atoms with Crippen molar-refractivity contribution in [3.63, 3.8) is 0 Å². The number of ether oxygens (including phenoxy) is 3. The zero-order chi connectivity index (χ0) is 27.8. The lowest BCUT2D eigenvalue weighted by molar-refractivity contribution is -0.133. The van der Waals surface area contributed by atoms with Crippen molar-refractivity contribution in [3.8, 4) is 17.2 Å². The molecule has 2 amide bonds. The number of nitrogens with zero attached hydrogens (tertiary/aromatic N) is 3. The minimum absolute atomic E-state index is 0.167. The Morgan fingerprint density at radius 3 is 2.33 bits per heavy atom. The molecule has 1 saturated heterocycles. The Morgan fingerprint density at radius 1 is 0.974 bits per heavy atom. The molecule has 1 aliphatic heterocycles. The van der Waals surface area contributed by atoms with Gasteiger partial charge in [0.1, 0.15) is 12.4 Å². The molecular weight excluding hydrogens is 496 g/mol. The van der Waals surface area contributed by atoms with E-state index >= 15 is 0 Å². The number of para-hydroxylation sites is 2. The maximum atomic E-state index is 13.1. The molecule has 0 radical (unpaired) electrons. The summed E-state index contributed by atoms with van der Waals surface area (Å²) in [5.41, 5.74) is 2.38. The molecule has 2 heterocycles. The zero-order valence-corrected chi connectivity index (χ0v) is 23.5. The maximum Gasteiger partial charge on any atom is 0.251 e. The summed E-state index contributed by atoms with van der Waals surface area (Å²) in [4.78, 5) is 32.7. The van der Waals surface area contributed by atoms with Crippen molar-refractivity contribution in [1.82, 2.24) is 19.8 Å². The number of imidazole rings is 1. The number of benzene rings is 2. The number of rotatable bonds is 12. The number of aromatic nitrogens is 2. The molecule has 9 heteroatoms. The van der Waals surface area contributed by atoms with Crippen LogP contribution in [-0.2, 0) is 17.8 Å². The van der Waals surface area contributed by atoms with E-state index in [9.17, 15) is 9.59 Å². The van der Waals surface area contributed by atoms with Gasteiger partial charge in [0, 0.05) is 31.6 Å². The zero-order valence-electron chi connectivity index (χ0n) is 23.5. The minimum atomic E-state index is -0.193. The van der Waals surface area contributed by atoms with Crippen LogP contribution in [0.15, 0.2) is 36.4 Å². The van der Waals surface area contributed by atoms with Crippen molar-refractivity contribution in [2.24, 2.45) is 5.92 Å². The molecule has 2 aromatic carbocycles. The highest BCUT2D eigenvalue weighted by molar-refractivity contribution is 5.95. The van der Waals surface area contributed by atoms with Gasteiger partial charge in [-0.1, -0.05) is 25.5 Å². The van der Waals surface area contributed by atoms with Gasteiger partial charge in [0.15, 0.2) is 11.5 Å². The molecule has 210 valence electrons. The summed E-state index contributed by atoms with van der Waals surface area (Å²) < 4.78 is 18.1. The van der Waals surface area contributed by atoms with E-state index < -0.39 is 0 Å². The fourth-order valence-corrected chi connectivity index (χ4v) is 5.09. The third-order valence-corrected chi connectivity index (χ3v) is 7.45. The first-order valence-electron chi connectivity index (χ1n) is 13.7.